The number of nitrogens with one attached hydrogen (secondary N) is 2. The van der Waals surface area contributed by atoms with Crippen LogP contribution < -0.4 is 10.6 Å². The molecule has 1 aromatic carbocycles. The zero-order valence-corrected chi connectivity index (χ0v) is 20.7. The summed E-state index contributed by atoms with van der Waals surface area (Å²) in [7, 11) is 0. The molecule has 0 spiro atoms. The number of hydrogen-bond donors (Lipinski definition) is 2. The van der Waals surface area contributed by atoms with E-state index in [2.05, 4.69) is 62.8 Å². The van der Waals surface area contributed by atoms with Crippen molar-refractivity contribution in [1.82, 2.24) is 25.3 Å². The minimum atomic E-state index is -0.268. The van der Waals surface area contributed by atoms with E-state index in [0.29, 0.717) is 11.7 Å². The minimum Gasteiger partial charge on any atom is -0.338 e. The summed E-state index contributed by atoms with van der Waals surface area (Å²) in [4.78, 5) is 30.4. The van der Waals surface area contributed by atoms with Crippen LogP contribution in [0.4, 0.5) is 9.93 Å². The van der Waals surface area contributed by atoms with Crippen molar-refractivity contribution in [2.45, 2.75) is 32.4 Å². The van der Waals surface area contributed by atoms with Crippen LogP contribution in [0.1, 0.15) is 38.1 Å². The lowest BCUT2D eigenvalue weighted by atomic mass is 10.0. The number of thiazole rings is 1. The van der Waals surface area contributed by atoms with Crippen molar-refractivity contribution in [3.05, 3.63) is 54.2 Å². The van der Waals surface area contributed by atoms with E-state index in [1.807, 2.05) is 37.6 Å². The molecule has 4 rings (SSSR count). The van der Waals surface area contributed by atoms with E-state index in [9.17, 15) is 4.79 Å². The molecule has 0 saturated carbocycles. The fourth-order valence-electron chi connectivity index (χ4n) is 3.41. The number of fused-ring (bicyclic) bond motifs is 1. The van der Waals surface area contributed by atoms with Crippen molar-refractivity contribution in [2.75, 3.05) is 18.1 Å². The monoisotopic (exact) mass is 478 g/mol. The number of rotatable bonds is 7. The maximum atomic E-state index is 12.0. The van der Waals surface area contributed by atoms with Crippen LogP contribution in [0.15, 0.2) is 42.9 Å². The molecule has 0 aliphatic rings. The van der Waals surface area contributed by atoms with Crippen molar-refractivity contribution in [3.8, 4) is 22.4 Å². The van der Waals surface area contributed by atoms with Gasteiger partial charge < -0.3 is 5.32 Å². The first-order valence-electron chi connectivity index (χ1n) is 10.7. The maximum Gasteiger partial charge on any atom is 0.321 e. The number of pyridine rings is 1. The van der Waals surface area contributed by atoms with Crippen LogP contribution in [0.2, 0.25) is 0 Å². The van der Waals surface area contributed by atoms with Crippen LogP contribution in [0.3, 0.4) is 0 Å². The van der Waals surface area contributed by atoms with Crippen molar-refractivity contribution in [3.63, 3.8) is 0 Å². The third-order valence-corrected chi connectivity index (χ3v) is 6.62. The number of hydrogen-bond acceptors (Lipinski definition) is 7. The highest BCUT2D eigenvalue weighted by Crippen LogP contribution is 2.38. The number of amides is 2. The van der Waals surface area contributed by atoms with Gasteiger partial charge in [-0.05, 0) is 48.6 Å². The van der Waals surface area contributed by atoms with E-state index in [1.54, 1.807) is 11.8 Å². The van der Waals surface area contributed by atoms with Crippen LogP contribution in [-0.2, 0) is 5.75 Å². The molecular formula is C24H26N6OS2. The van der Waals surface area contributed by atoms with Gasteiger partial charge >= 0.3 is 6.03 Å². The molecule has 3 heterocycles. The van der Waals surface area contributed by atoms with Gasteiger partial charge in [0.05, 0.1) is 15.9 Å². The SMILES string of the molecule is CCNC(=O)Nc1nc2cc(-c3cnc(C(C)C)nc3)cc(-c3cc(CSC)ccn3)c2s1. The molecule has 0 atom stereocenters. The normalized spacial score (nSPS) is 11.2. The van der Waals surface area contributed by atoms with E-state index >= 15 is 0 Å². The molecule has 2 N–H and O–H groups in total. The molecule has 0 aliphatic carbocycles. The Hall–Kier alpha value is -3.04. The zero-order chi connectivity index (χ0) is 23.4. The molecule has 0 bridgehead atoms. The van der Waals surface area contributed by atoms with E-state index < -0.39 is 0 Å². The Morgan fingerprint density at radius 3 is 2.61 bits per heavy atom. The molecule has 3 aromatic heterocycles. The Morgan fingerprint density at radius 2 is 1.91 bits per heavy atom. The fourth-order valence-corrected chi connectivity index (χ4v) is 4.88. The number of benzene rings is 1. The number of carbonyl (C=O) groups excluding carboxylic acids is 1. The first kappa shape index (κ1) is 23.1. The van der Waals surface area contributed by atoms with E-state index in [0.717, 1.165) is 44.2 Å². The van der Waals surface area contributed by atoms with Crippen molar-refractivity contribution in [2.24, 2.45) is 0 Å². The van der Waals surface area contributed by atoms with Gasteiger partial charge in [-0.3, -0.25) is 10.3 Å². The van der Waals surface area contributed by atoms with E-state index in [1.165, 1.54) is 16.9 Å². The summed E-state index contributed by atoms with van der Waals surface area (Å²) < 4.78 is 0.971. The molecule has 9 heteroatoms. The van der Waals surface area contributed by atoms with Crippen molar-refractivity contribution < 1.29 is 4.79 Å². The zero-order valence-electron chi connectivity index (χ0n) is 19.0. The molecule has 0 unspecified atom stereocenters. The summed E-state index contributed by atoms with van der Waals surface area (Å²) >= 11 is 3.22. The topological polar surface area (TPSA) is 92.7 Å². The molecule has 0 aliphatic heterocycles. The molecule has 0 saturated heterocycles. The molecule has 2 amide bonds. The highest BCUT2D eigenvalue weighted by atomic mass is 32.2. The predicted molar refractivity (Wildman–Crippen MR) is 138 cm³/mol. The third-order valence-electron chi connectivity index (χ3n) is 4.98. The number of anilines is 1. The van der Waals surface area contributed by atoms with Gasteiger partial charge in [0.15, 0.2) is 5.13 Å². The van der Waals surface area contributed by atoms with Crippen LogP contribution in [0.25, 0.3) is 32.6 Å². The Bertz CT molecular complexity index is 1270. The quantitative estimate of drug-likeness (QED) is 0.341. The Balaban J connectivity index is 1.84. The number of carbonyl (C=O) groups is 1. The summed E-state index contributed by atoms with van der Waals surface area (Å²) in [6.07, 6.45) is 7.63. The summed E-state index contributed by atoms with van der Waals surface area (Å²) in [5, 5.41) is 6.12. The summed E-state index contributed by atoms with van der Waals surface area (Å²) in [6, 6.07) is 8.00. The molecule has 0 fully saturated rings. The van der Waals surface area contributed by atoms with Crippen LogP contribution in [-0.4, -0.2) is 38.8 Å². The second kappa shape index (κ2) is 10.3. The summed E-state index contributed by atoms with van der Waals surface area (Å²) in [5.41, 5.74) is 5.72. The van der Waals surface area contributed by atoms with Gasteiger partial charge in [-0.15, -0.1) is 0 Å². The molecule has 7 nitrogen and oxygen atoms in total. The van der Waals surface area contributed by atoms with Crippen LogP contribution in [0.5, 0.6) is 0 Å². The highest BCUT2D eigenvalue weighted by Gasteiger charge is 2.16. The largest absolute Gasteiger partial charge is 0.338 e. The summed E-state index contributed by atoms with van der Waals surface area (Å²) in [6.45, 7) is 6.57. The van der Waals surface area contributed by atoms with Gasteiger partial charge in [0.2, 0.25) is 0 Å². The lowest BCUT2D eigenvalue weighted by Crippen LogP contribution is -2.28. The van der Waals surface area contributed by atoms with Crippen molar-refractivity contribution in [1.29, 1.82) is 0 Å². The Morgan fingerprint density at radius 1 is 1.12 bits per heavy atom. The smallest absolute Gasteiger partial charge is 0.321 e. The van der Waals surface area contributed by atoms with Crippen LogP contribution >= 0.6 is 23.1 Å². The van der Waals surface area contributed by atoms with Crippen LogP contribution in [0, 0.1) is 0 Å². The number of aromatic nitrogens is 4. The van der Waals surface area contributed by atoms with Gasteiger partial charge in [0, 0.05) is 47.9 Å². The van der Waals surface area contributed by atoms with E-state index in [-0.39, 0.29) is 11.9 Å². The van der Waals surface area contributed by atoms with Gasteiger partial charge in [0.25, 0.3) is 0 Å². The molecule has 33 heavy (non-hydrogen) atoms. The molecule has 0 radical (unpaired) electrons. The van der Waals surface area contributed by atoms with Crippen molar-refractivity contribution >= 4 is 44.5 Å². The number of thioether (sulfide) groups is 1. The first-order chi connectivity index (χ1) is 16.0. The molecule has 4 aromatic rings. The molecular weight excluding hydrogens is 452 g/mol. The van der Waals surface area contributed by atoms with Gasteiger partial charge in [0.1, 0.15) is 5.82 Å². The molecule has 170 valence electrons. The second-order valence-electron chi connectivity index (χ2n) is 7.84. The lowest BCUT2D eigenvalue weighted by Gasteiger charge is -2.09. The number of urea groups is 1. The van der Waals surface area contributed by atoms with Gasteiger partial charge in [-0.25, -0.2) is 19.7 Å². The fraction of sp³-hybridized carbons (Fsp3) is 0.292. The highest BCUT2D eigenvalue weighted by molar-refractivity contribution is 7.97. The van der Waals surface area contributed by atoms with Gasteiger partial charge in [-0.2, -0.15) is 11.8 Å². The summed E-state index contributed by atoms with van der Waals surface area (Å²) in [5.74, 6) is 1.99. The lowest BCUT2D eigenvalue weighted by molar-refractivity contribution is 0.252. The standard InChI is InChI=1S/C24H26N6OS2/c1-5-25-23(31)30-24-29-20-10-16(17-11-27-22(14(2)3)28-12-17)9-18(21(20)33-24)19-8-15(13-32-4)6-7-26-19/h6-12,14H,5,13H2,1-4H3,(H2,25,29,30,31). The number of nitrogens with zero attached hydrogens (tertiary/aromatic N) is 4. The van der Waals surface area contributed by atoms with Gasteiger partial charge in [-0.1, -0.05) is 25.2 Å². The minimum absolute atomic E-state index is 0.266. The third kappa shape index (κ3) is 5.31. The average molecular weight is 479 g/mol. The Labute approximate surface area is 201 Å². The second-order valence-corrected chi connectivity index (χ2v) is 9.71. The Kier molecular flexibility index (Phi) is 7.20. The average Bonchev–Trinajstić information content (AvgIpc) is 3.21. The van der Waals surface area contributed by atoms with E-state index in [4.69, 9.17) is 0 Å². The maximum absolute atomic E-state index is 12.0. The first-order valence-corrected chi connectivity index (χ1v) is 13.0. The predicted octanol–water partition coefficient (Wildman–Crippen LogP) is 5.94.